The number of hydrogen-bond acceptors (Lipinski definition) is 1. The van der Waals surface area contributed by atoms with Crippen molar-refractivity contribution in [3.05, 3.63) is 28.8 Å². The van der Waals surface area contributed by atoms with Crippen LogP contribution in [0, 0.1) is 16.5 Å². The number of aromatic nitrogens is 2. The number of halogens is 1. The van der Waals surface area contributed by atoms with Crippen LogP contribution in [0.1, 0.15) is 33.2 Å². The number of benzene rings is 1. The minimum atomic E-state index is -0.247. The second-order valence-electron chi connectivity index (χ2n) is 4.56. The molecule has 0 spiro atoms. The van der Waals surface area contributed by atoms with E-state index in [1.807, 2.05) is 10.6 Å². The molecule has 17 heavy (non-hydrogen) atoms. The van der Waals surface area contributed by atoms with E-state index in [1.54, 1.807) is 6.07 Å². The number of nitrogens with one attached hydrogen (secondary N) is 1. The SMILES string of the molecule is CCC(C)C(C)n1c(=S)[nH]c2c(F)cccc21. The van der Waals surface area contributed by atoms with Crippen molar-refractivity contribution in [3.8, 4) is 0 Å². The molecule has 0 aliphatic carbocycles. The molecule has 0 saturated heterocycles. The summed E-state index contributed by atoms with van der Waals surface area (Å²) in [6.07, 6.45) is 1.07. The van der Waals surface area contributed by atoms with E-state index in [1.165, 1.54) is 6.07 Å². The second kappa shape index (κ2) is 4.61. The third-order valence-electron chi connectivity index (χ3n) is 3.58. The Morgan fingerprint density at radius 1 is 1.41 bits per heavy atom. The van der Waals surface area contributed by atoms with Crippen LogP contribution < -0.4 is 0 Å². The molecule has 92 valence electrons. The lowest BCUT2D eigenvalue weighted by atomic mass is 10.0. The van der Waals surface area contributed by atoms with Crippen molar-refractivity contribution in [1.29, 1.82) is 0 Å². The van der Waals surface area contributed by atoms with E-state index in [-0.39, 0.29) is 11.9 Å². The summed E-state index contributed by atoms with van der Waals surface area (Å²) in [5, 5.41) is 0. The van der Waals surface area contributed by atoms with Crippen LogP contribution >= 0.6 is 12.2 Å². The maximum absolute atomic E-state index is 13.6. The lowest BCUT2D eigenvalue weighted by molar-refractivity contribution is 0.374. The molecule has 2 rings (SSSR count). The number of imidazole rings is 1. The molecule has 0 aliphatic heterocycles. The van der Waals surface area contributed by atoms with Crippen LogP contribution in [0.4, 0.5) is 4.39 Å². The van der Waals surface area contributed by atoms with Gasteiger partial charge in [0.2, 0.25) is 0 Å². The molecule has 1 heterocycles. The predicted molar refractivity (Wildman–Crippen MR) is 71.2 cm³/mol. The van der Waals surface area contributed by atoms with E-state index in [2.05, 4.69) is 25.8 Å². The van der Waals surface area contributed by atoms with Gasteiger partial charge >= 0.3 is 0 Å². The summed E-state index contributed by atoms with van der Waals surface area (Å²) >= 11 is 5.30. The van der Waals surface area contributed by atoms with Crippen LogP contribution in [0.25, 0.3) is 11.0 Å². The minimum absolute atomic E-state index is 0.247. The molecule has 2 nitrogen and oxygen atoms in total. The number of H-pyrrole nitrogens is 1. The Kier molecular flexibility index (Phi) is 3.33. The van der Waals surface area contributed by atoms with Gasteiger partial charge in [-0.1, -0.05) is 26.3 Å². The van der Waals surface area contributed by atoms with Crippen molar-refractivity contribution >= 4 is 23.3 Å². The number of para-hydroxylation sites is 1. The Labute approximate surface area is 105 Å². The zero-order valence-corrected chi connectivity index (χ0v) is 11.1. The van der Waals surface area contributed by atoms with E-state index >= 15 is 0 Å². The Morgan fingerprint density at radius 3 is 2.76 bits per heavy atom. The molecule has 1 aromatic heterocycles. The third kappa shape index (κ3) is 2.02. The highest BCUT2D eigenvalue weighted by Crippen LogP contribution is 2.26. The zero-order valence-electron chi connectivity index (χ0n) is 10.3. The van der Waals surface area contributed by atoms with Gasteiger partial charge in [0.1, 0.15) is 11.3 Å². The number of nitrogens with zero attached hydrogens (tertiary/aromatic N) is 1. The molecular formula is C13H17FN2S. The fraction of sp³-hybridized carbons (Fsp3) is 0.462. The van der Waals surface area contributed by atoms with E-state index in [4.69, 9.17) is 12.2 Å². The quantitative estimate of drug-likeness (QED) is 0.801. The van der Waals surface area contributed by atoms with Crippen LogP contribution in [0.2, 0.25) is 0 Å². The van der Waals surface area contributed by atoms with E-state index in [9.17, 15) is 4.39 Å². The monoisotopic (exact) mass is 252 g/mol. The zero-order chi connectivity index (χ0) is 12.6. The van der Waals surface area contributed by atoms with Crippen molar-refractivity contribution < 1.29 is 4.39 Å². The summed E-state index contributed by atoms with van der Waals surface area (Å²) in [6, 6.07) is 5.35. The van der Waals surface area contributed by atoms with Crippen LogP contribution in [-0.4, -0.2) is 9.55 Å². The first-order valence-corrected chi connectivity index (χ1v) is 6.35. The normalized spacial score (nSPS) is 15.1. The number of hydrogen-bond donors (Lipinski definition) is 1. The van der Waals surface area contributed by atoms with Crippen molar-refractivity contribution in [2.24, 2.45) is 5.92 Å². The van der Waals surface area contributed by atoms with Gasteiger partial charge in [-0.05, 0) is 37.2 Å². The standard InChI is InChI=1S/C13H17FN2S/c1-4-8(2)9(3)16-11-7-5-6-10(14)12(11)15-13(16)17/h5-9H,4H2,1-3H3,(H,15,17). The van der Waals surface area contributed by atoms with Crippen LogP contribution in [-0.2, 0) is 0 Å². The van der Waals surface area contributed by atoms with Gasteiger partial charge in [0.15, 0.2) is 4.77 Å². The molecule has 0 bridgehead atoms. The Hall–Kier alpha value is -1.16. The lowest BCUT2D eigenvalue weighted by Crippen LogP contribution is -2.13. The maximum Gasteiger partial charge on any atom is 0.178 e. The minimum Gasteiger partial charge on any atom is -0.328 e. The topological polar surface area (TPSA) is 20.7 Å². The molecule has 1 N–H and O–H groups in total. The molecule has 0 fully saturated rings. The van der Waals surface area contributed by atoms with Crippen molar-refractivity contribution in [2.45, 2.75) is 33.2 Å². The molecule has 1 aromatic carbocycles. The molecule has 0 aliphatic rings. The average molecular weight is 252 g/mol. The summed E-state index contributed by atoms with van der Waals surface area (Å²) in [7, 11) is 0. The first-order chi connectivity index (χ1) is 8.06. The molecule has 2 atom stereocenters. The average Bonchev–Trinajstić information content (AvgIpc) is 2.65. The maximum atomic E-state index is 13.6. The van der Waals surface area contributed by atoms with Crippen LogP contribution in [0.5, 0.6) is 0 Å². The first kappa shape index (κ1) is 12.3. The third-order valence-corrected chi connectivity index (χ3v) is 3.88. The molecule has 0 saturated carbocycles. The summed E-state index contributed by atoms with van der Waals surface area (Å²) in [4.78, 5) is 2.96. The first-order valence-electron chi connectivity index (χ1n) is 5.95. The Bertz CT molecular complexity index is 585. The second-order valence-corrected chi connectivity index (χ2v) is 4.95. The van der Waals surface area contributed by atoms with Crippen LogP contribution in [0.3, 0.4) is 0 Å². The van der Waals surface area contributed by atoms with E-state index in [0.29, 0.717) is 16.2 Å². The summed E-state index contributed by atoms with van der Waals surface area (Å²) < 4.78 is 16.2. The van der Waals surface area contributed by atoms with Gasteiger partial charge < -0.3 is 9.55 Å². The smallest absolute Gasteiger partial charge is 0.178 e. The largest absolute Gasteiger partial charge is 0.328 e. The number of fused-ring (bicyclic) bond motifs is 1. The highest BCUT2D eigenvalue weighted by atomic mass is 32.1. The van der Waals surface area contributed by atoms with E-state index < -0.39 is 0 Å². The van der Waals surface area contributed by atoms with Gasteiger partial charge in [0.05, 0.1) is 5.52 Å². The molecule has 2 aromatic rings. The van der Waals surface area contributed by atoms with Gasteiger partial charge in [0.25, 0.3) is 0 Å². The summed E-state index contributed by atoms with van der Waals surface area (Å²) in [5.41, 5.74) is 1.36. The van der Waals surface area contributed by atoms with Crippen LogP contribution in [0.15, 0.2) is 18.2 Å². The van der Waals surface area contributed by atoms with Gasteiger partial charge in [-0.3, -0.25) is 0 Å². The van der Waals surface area contributed by atoms with Gasteiger partial charge in [-0.25, -0.2) is 4.39 Å². The molecule has 2 unspecified atom stereocenters. The Morgan fingerprint density at radius 2 is 2.12 bits per heavy atom. The number of aromatic amines is 1. The van der Waals surface area contributed by atoms with Crippen molar-refractivity contribution in [1.82, 2.24) is 9.55 Å². The van der Waals surface area contributed by atoms with Crippen molar-refractivity contribution in [2.75, 3.05) is 0 Å². The molecule has 4 heteroatoms. The lowest BCUT2D eigenvalue weighted by Gasteiger charge is -2.20. The highest BCUT2D eigenvalue weighted by molar-refractivity contribution is 7.71. The predicted octanol–water partition coefficient (Wildman–Crippen LogP) is 4.45. The fourth-order valence-electron chi connectivity index (χ4n) is 2.11. The summed E-state index contributed by atoms with van der Waals surface area (Å²) in [5.74, 6) is 0.257. The van der Waals surface area contributed by atoms with E-state index in [0.717, 1.165) is 11.9 Å². The number of rotatable bonds is 3. The van der Waals surface area contributed by atoms with Gasteiger partial charge in [0, 0.05) is 6.04 Å². The van der Waals surface area contributed by atoms with Gasteiger partial charge in [-0.2, -0.15) is 0 Å². The van der Waals surface area contributed by atoms with Crippen molar-refractivity contribution in [3.63, 3.8) is 0 Å². The molecule has 0 amide bonds. The highest BCUT2D eigenvalue weighted by Gasteiger charge is 2.17. The fourth-order valence-corrected chi connectivity index (χ4v) is 2.48. The molecule has 0 radical (unpaired) electrons. The van der Waals surface area contributed by atoms with Gasteiger partial charge in [-0.15, -0.1) is 0 Å². The summed E-state index contributed by atoms with van der Waals surface area (Å²) in [6.45, 7) is 6.47. The Balaban J connectivity index is 2.65. The molecular weight excluding hydrogens is 235 g/mol.